The number of likely N-dealkylation sites (tertiary alicyclic amines) is 2. The Bertz CT molecular complexity index is 783. The zero-order valence-corrected chi connectivity index (χ0v) is 15.4. The second kappa shape index (κ2) is 6.56. The number of rotatable bonds is 3. The average Bonchev–Trinajstić information content (AvgIpc) is 2.98. The van der Waals surface area contributed by atoms with Gasteiger partial charge in [-0.2, -0.15) is 0 Å². The lowest BCUT2D eigenvalue weighted by Gasteiger charge is -2.42. The van der Waals surface area contributed by atoms with Crippen LogP contribution in [0.3, 0.4) is 0 Å². The number of aromatic amines is 1. The summed E-state index contributed by atoms with van der Waals surface area (Å²) in [5.41, 5.74) is 0.421. The summed E-state index contributed by atoms with van der Waals surface area (Å²) in [5.74, 6) is 0.778. The van der Waals surface area contributed by atoms with Gasteiger partial charge in [0.1, 0.15) is 0 Å². The van der Waals surface area contributed by atoms with Crippen molar-refractivity contribution in [2.75, 3.05) is 26.2 Å². The first-order valence-electron chi connectivity index (χ1n) is 9.76. The van der Waals surface area contributed by atoms with Crippen molar-refractivity contribution in [2.24, 2.45) is 11.3 Å². The van der Waals surface area contributed by atoms with Crippen LogP contribution in [-0.2, 0) is 4.79 Å². The Morgan fingerprint density at radius 2 is 2.00 bits per heavy atom. The Balaban J connectivity index is 1.48. The zero-order valence-electron chi connectivity index (χ0n) is 15.4. The third kappa shape index (κ3) is 3.06. The minimum atomic E-state index is -0.409. The summed E-state index contributed by atoms with van der Waals surface area (Å²) in [6, 6.07) is 3.06. The van der Waals surface area contributed by atoms with Crippen molar-refractivity contribution in [2.45, 2.75) is 45.4 Å². The molecule has 2 aliphatic heterocycles. The Morgan fingerprint density at radius 1 is 1.19 bits per heavy atom. The van der Waals surface area contributed by atoms with Gasteiger partial charge < -0.3 is 14.8 Å². The van der Waals surface area contributed by atoms with Crippen molar-refractivity contribution < 1.29 is 9.59 Å². The fraction of sp³-hybridized carbons (Fsp3) is 0.650. The number of nitrogens with one attached hydrogen (secondary N) is 1. The molecule has 1 aromatic rings. The first-order valence-corrected chi connectivity index (χ1v) is 9.76. The maximum Gasteiger partial charge on any atom is 0.254 e. The second-order valence-electron chi connectivity index (χ2n) is 8.32. The van der Waals surface area contributed by atoms with E-state index in [0.29, 0.717) is 30.3 Å². The zero-order chi connectivity index (χ0) is 18.3. The van der Waals surface area contributed by atoms with Gasteiger partial charge in [0, 0.05) is 43.5 Å². The third-order valence-corrected chi connectivity index (χ3v) is 6.39. The third-order valence-electron chi connectivity index (χ3n) is 6.39. The van der Waals surface area contributed by atoms with Crippen molar-refractivity contribution in [1.82, 2.24) is 14.8 Å². The molecule has 6 heteroatoms. The normalized spacial score (nSPS) is 26.4. The number of piperidine rings is 1. The van der Waals surface area contributed by atoms with E-state index >= 15 is 0 Å². The highest BCUT2D eigenvalue weighted by Crippen LogP contribution is 2.41. The highest BCUT2D eigenvalue weighted by Gasteiger charge is 2.49. The maximum absolute atomic E-state index is 13.2. The topological polar surface area (TPSA) is 73.5 Å². The van der Waals surface area contributed by atoms with Gasteiger partial charge in [0.05, 0.1) is 5.41 Å². The summed E-state index contributed by atoms with van der Waals surface area (Å²) in [4.78, 5) is 44.2. The van der Waals surface area contributed by atoms with Gasteiger partial charge in [-0.1, -0.05) is 6.42 Å². The van der Waals surface area contributed by atoms with E-state index < -0.39 is 5.41 Å². The molecule has 0 radical (unpaired) electrons. The molecule has 1 aliphatic carbocycles. The lowest BCUT2D eigenvalue weighted by atomic mass is 9.77. The Kier molecular flexibility index (Phi) is 4.37. The minimum Gasteiger partial charge on any atom is -0.342 e. The van der Waals surface area contributed by atoms with Crippen LogP contribution in [0.1, 0.15) is 54.6 Å². The number of amides is 2. The average molecular weight is 357 g/mol. The minimum absolute atomic E-state index is 0.139. The monoisotopic (exact) mass is 357 g/mol. The highest BCUT2D eigenvalue weighted by molar-refractivity contribution is 5.95. The summed E-state index contributed by atoms with van der Waals surface area (Å²) >= 11 is 0. The van der Waals surface area contributed by atoms with Crippen LogP contribution in [0.15, 0.2) is 16.9 Å². The van der Waals surface area contributed by atoms with E-state index in [1.54, 1.807) is 17.9 Å². The van der Waals surface area contributed by atoms with Gasteiger partial charge in [-0.25, -0.2) is 0 Å². The number of hydrogen-bond acceptors (Lipinski definition) is 3. The maximum atomic E-state index is 13.2. The van der Waals surface area contributed by atoms with Crippen molar-refractivity contribution in [1.29, 1.82) is 0 Å². The standard InChI is InChI=1S/C20H27N3O3/c1-14-10-16(11-17(24)21-14)18(25)23-9-7-20(13-23)6-3-8-22(19(20)26)12-15-4-2-5-15/h10-11,15H,2-9,12-13H2,1H3,(H,21,24). The van der Waals surface area contributed by atoms with Crippen LogP contribution in [0.4, 0.5) is 0 Å². The van der Waals surface area contributed by atoms with Gasteiger partial charge in [0.2, 0.25) is 11.5 Å². The number of aromatic nitrogens is 1. The van der Waals surface area contributed by atoms with E-state index in [0.717, 1.165) is 32.4 Å². The highest BCUT2D eigenvalue weighted by atomic mass is 16.2. The molecule has 1 atom stereocenters. The molecule has 26 heavy (non-hydrogen) atoms. The van der Waals surface area contributed by atoms with Gasteiger partial charge in [-0.05, 0) is 51.0 Å². The Hall–Kier alpha value is -2.11. The quantitative estimate of drug-likeness (QED) is 0.898. The molecule has 3 heterocycles. The van der Waals surface area contributed by atoms with E-state index in [-0.39, 0.29) is 17.4 Å². The molecule has 3 aliphatic rings. The first kappa shape index (κ1) is 17.3. The van der Waals surface area contributed by atoms with E-state index in [9.17, 15) is 14.4 Å². The number of aryl methyl sites for hydroxylation is 1. The van der Waals surface area contributed by atoms with Crippen LogP contribution >= 0.6 is 0 Å². The van der Waals surface area contributed by atoms with Crippen LogP contribution < -0.4 is 5.56 Å². The van der Waals surface area contributed by atoms with Gasteiger partial charge >= 0.3 is 0 Å². The lowest BCUT2D eigenvalue weighted by molar-refractivity contribution is -0.146. The molecule has 4 rings (SSSR count). The van der Waals surface area contributed by atoms with E-state index in [1.165, 1.54) is 25.3 Å². The molecule has 140 valence electrons. The number of pyridine rings is 1. The molecule has 0 aromatic carbocycles. The summed E-state index contributed by atoms with van der Waals surface area (Å²) in [6.07, 6.45) is 6.39. The number of hydrogen-bond donors (Lipinski definition) is 1. The largest absolute Gasteiger partial charge is 0.342 e. The van der Waals surface area contributed by atoms with E-state index in [2.05, 4.69) is 9.88 Å². The molecule has 1 N–H and O–H groups in total. The van der Waals surface area contributed by atoms with Crippen molar-refractivity contribution in [3.63, 3.8) is 0 Å². The molecular weight excluding hydrogens is 330 g/mol. The molecule has 3 fully saturated rings. The van der Waals surface area contributed by atoms with Gasteiger partial charge in [0.15, 0.2) is 0 Å². The van der Waals surface area contributed by atoms with Crippen molar-refractivity contribution >= 4 is 11.8 Å². The molecule has 1 saturated carbocycles. The molecule has 1 unspecified atom stereocenters. The van der Waals surface area contributed by atoms with E-state index in [4.69, 9.17) is 0 Å². The van der Waals surface area contributed by atoms with Crippen LogP contribution in [-0.4, -0.2) is 52.8 Å². The molecule has 1 spiro atoms. The predicted molar refractivity (Wildman–Crippen MR) is 97.9 cm³/mol. The Morgan fingerprint density at radius 3 is 2.69 bits per heavy atom. The summed E-state index contributed by atoms with van der Waals surface area (Å²) in [6.45, 7) is 4.60. The van der Waals surface area contributed by atoms with Crippen LogP contribution in [0.25, 0.3) is 0 Å². The van der Waals surface area contributed by atoms with Gasteiger partial charge in [-0.15, -0.1) is 0 Å². The fourth-order valence-corrected chi connectivity index (χ4v) is 4.73. The molecule has 1 aromatic heterocycles. The van der Waals surface area contributed by atoms with Crippen LogP contribution in [0.5, 0.6) is 0 Å². The number of H-pyrrole nitrogens is 1. The van der Waals surface area contributed by atoms with Crippen molar-refractivity contribution in [3.05, 3.63) is 33.7 Å². The molecular formula is C20H27N3O3. The smallest absolute Gasteiger partial charge is 0.254 e. The number of carbonyl (C=O) groups excluding carboxylic acids is 2. The Labute approximate surface area is 153 Å². The molecule has 6 nitrogen and oxygen atoms in total. The summed E-state index contributed by atoms with van der Waals surface area (Å²) in [7, 11) is 0. The lowest BCUT2D eigenvalue weighted by Crippen LogP contribution is -2.52. The first-order chi connectivity index (χ1) is 12.5. The van der Waals surface area contributed by atoms with Gasteiger partial charge in [-0.3, -0.25) is 14.4 Å². The molecule has 0 bridgehead atoms. The van der Waals surface area contributed by atoms with E-state index in [1.807, 2.05) is 0 Å². The summed E-state index contributed by atoms with van der Waals surface area (Å²) < 4.78 is 0. The van der Waals surface area contributed by atoms with Crippen molar-refractivity contribution in [3.8, 4) is 0 Å². The molecule has 2 amide bonds. The fourth-order valence-electron chi connectivity index (χ4n) is 4.73. The number of carbonyl (C=O) groups is 2. The van der Waals surface area contributed by atoms with Gasteiger partial charge in [0.25, 0.3) is 5.91 Å². The second-order valence-corrected chi connectivity index (χ2v) is 8.32. The van der Waals surface area contributed by atoms with Crippen LogP contribution in [0.2, 0.25) is 0 Å². The molecule has 2 saturated heterocycles. The summed E-state index contributed by atoms with van der Waals surface area (Å²) in [5, 5.41) is 0. The SMILES string of the molecule is Cc1cc(C(=O)N2CCC3(CCCN(CC4CCC4)C3=O)C2)cc(=O)[nH]1. The number of nitrogens with zero attached hydrogens (tertiary/aromatic N) is 2. The van der Waals surface area contributed by atoms with Crippen LogP contribution in [0, 0.1) is 18.3 Å². The predicted octanol–water partition coefficient (Wildman–Crippen LogP) is 1.94.